The zero-order chi connectivity index (χ0) is 15.2. The second-order valence-electron chi connectivity index (χ2n) is 5.06. The van der Waals surface area contributed by atoms with Gasteiger partial charge in [-0.15, -0.1) is 0 Å². The van der Waals surface area contributed by atoms with Crippen molar-refractivity contribution < 1.29 is 4.74 Å². The van der Waals surface area contributed by atoms with Gasteiger partial charge in [0.05, 0.1) is 18.9 Å². The van der Waals surface area contributed by atoms with Crippen molar-refractivity contribution in [3.05, 3.63) is 90.3 Å². The van der Waals surface area contributed by atoms with Crippen LogP contribution >= 0.6 is 0 Å². The topological polar surface area (TPSA) is 27.1 Å². The highest BCUT2D eigenvalue weighted by Gasteiger charge is 1.98. The summed E-state index contributed by atoms with van der Waals surface area (Å²) in [6.07, 6.45) is 5.54. The molecule has 0 aliphatic carbocycles. The van der Waals surface area contributed by atoms with Crippen LogP contribution in [0.1, 0.15) is 16.7 Å². The van der Waals surface area contributed by atoms with Crippen LogP contribution in [0.15, 0.2) is 73.6 Å². The third-order valence-corrected chi connectivity index (χ3v) is 3.46. The Hall–Kier alpha value is -2.65. The van der Waals surface area contributed by atoms with Crippen LogP contribution in [0.25, 0.3) is 11.8 Å². The first-order valence-electron chi connectivity index (χ1n) is 7.23. The molecule has 22 heavy (non-hydrogen) atoms. The summed E-state index contributed by atoms with van der Waals surface area (Å²) >= 11 is 0. The summed E-state index contributed by atoms with van der Waals surface area (Å²) in [6.45, 7) is 4.96. The molecule has 0 fully saturated rings. The molecule has 1 heterocycles. The first-order chi connectivity index (χ1) is 10.8. The first kappa shape index (κ1) is 14.3. The maximum Gasteiger partial charge on any atom is 0.0721 e. The molecule has 3 heteroatoms. The van der Waals surface area contributed by atoms with Gasteiger partial charge in [-0.1, -0.05) is 49.1 Å². The van der Waals surface area contributed by atoms with Gasteiger partial charge in [-0.2, -0.15) is 5.10 Å². The number of benzene rings is 2. The maximum atomic E-state index is 5.76. The minimum atomic E-state index is 0.600. The van der Waals surface area contributed by atoms with Crippen molar-refractivity contribution in [1.82, 2.24) is 9.78 Å². The molecule has 3 rings (SSSR count). The average molecular weight is 290 g/mol. The lowest BCUT2D eigenvalue weighted by atomic mass is 10.1. The molecule has 3 aromatic rings. The van der Waals surface area contributed by atoms with E-state index in [4.69, 9.17) is 4.74 Å². The van der Waals surface area contributed by atoms with Crippen molar-refractivity contribution in [3.8, 4) is 5.69 Å². The minimum absolute atomic E-state index is 0.600. The zero-order valence-electron chi connectivity index (χ0n) is 12.4. The van der Waals surface area contributed by atoms with Gasteiger partial charge in [-0.3, -0.25) is 0 Å². The maximum absolute atomic E-state index is 5.76. The first-order valence-corrected chi connectivity index (χ1v) is 7.23. The van der Waals surface area contributed by atoms with E-state index in [9.17, 15) is 0 Å². The molecule has 0 bridgehead atoms. The second-order valence-corrected chi connectivity index (χ2v) is 5.06. The molecule has 0 radical (unpaired) electrons. The Labute approximate surface area is 130 Å². The van der Waals surface area contributed by atoms with E-state index >= 15 is 0 Å². The Morgan fingerprint density at radius 2 is 1.59 bits per heavy atom. The third kappa shape index (κ3) is 3.51. The van der Waals surface area contributed by atoms with Gasteiger partial charge in [0.15, 0.2) is 0 Å². The van der Waals surface area contributed by atoms with Crippen LogP contribution in [-0.4, -0.2) is 9.78 Å². The predicted octanol–water partition coefficient (Wildman–Crippen LogP) is 4.23. The molecule has 3 nitrogen and oxygen atoms in total. The molecule has 0 saturated carbocycles. The Balaban J connectivity index is 1.54. The summed E-state index contributed by atoms with van der Waals surface area (Å²) in [5, 5.41) is 4.21. The lowest BCUT2D eigenvalue weighted by molar-refractivity contribution is 0.107. The summed E-state index contributed by atoms with van der Waals surface area (Å²) in [4.78, 5) is 0. The predicted molar refractivity (Wildman–Crippen MR) is 88.6 cm³/mol. The van der Waals surface area contributed by atoms with Crippen LogP contribution in [0.4, 0.5) is 0 Å². The number of rotatable bonds is 6. The monoisotopic (exact) mass is 290 g/mol. The molecular formula is C19H18N2O. The van der Waals surface area contributed by atoms with E-state index in [2.05, 4.69) is 35.9 Å². The van der Waals surface area contributed by atoms with E-state index in [1.807, 2.05) is 47.3 Å². The molecule has 0 unspecified atom stereocenters. The second kappa shape index (κ2) is 6.87. The van der Waals surface area contributed by atoms with Crippen molar-refractivity contribution in [3.63, 3.8) is 0 Å². The van der Waals surface area contributed by atoms with Crippen LogP contribution in [-0.2, 0) is 18.0 Å². The molecule has 110 valence electrons. The molecule has 1 aromatic heterocycles. The van der Waals surface area contributed by atoms with Crippen LogP contribution in [0.5, 0.6) is 0 Å². The van der Waals surface area contributed by atoms with Gasteiger partial charge in [-0.05, 0) is 34.9 Å². The van der Waals surface area contributed by atoms with Crippen LogP contribution in [0, 0.1) is 0 Å². The number of hydrogen-bond acceptors (Lipinski definition) is 2. The highest BCUT2D eigenvalue weighted by atomic mass is 16.5. The standard InChI is InChI=1S/C19H18N2O/c1-2-16-4-6-17(7-5-16)14-22-15-18-8-10-19(11-9-18)21-13-3-12-20-21/h2-13H,1,14-15H2. The van der Waals surface area contributed by atoms with Gasteiger partial charge in [-0.25, -0.2) is 4.68 Å². The quantitative estimate of drug-likeness (QED) is 0.679. The van der Waals surface area contributed by atoms with Gasteiger partial charge in [0.1, 0.15) is 0 Å². The Morgan fingerprint density at radius 3 is 2.14 bits per heavy atom. The smallest absolute Gasteiger partial charge is 0.0721 e. The molecule has 0 amide bonds. The Kier molecular flexibility index (Phi) is 4.47. The van der Waals surface area contributed by atoms with Gasteiger partial charge >= 0.3 is 0 Å². The fourth-order valence-electron chi connectivity index (χ4n) is 2.20. The van der Waals surface area contributed by atoms with Gasteiger partial charge in [0, 0.05) is 12.4 Å². The van der Waals surface area contributed by atoms with Gasteiger partial charge in [0.25, 0.3) is 0 Å². The number of hydrogen-bond donors (Lipinski definition) is 0. The summed E-state index contributed by atoms with van der Waals surface area (Å²) in [5.74, 6) is 0. The SMILES string of the molecule is C=Cc1ccc(COCc2ccc(-n3cccn3)cc2)cc1. The zero-order valence-corrected chi connectivity index (χ0v) is 12.4. The van der Waals surface area contributed by atoms with E-state index in [0.717, 1.165) is 16.8 Å². The summed E-state index contributed by atoms with van der Waals surface area (Å²) < 4.78 is 7.60. The van der Waals surface area contributed by atoms with Gasteiger partial charge < -0.3 is 4.74 Å². The summed E-state index contributed by atoms with van der Waals surface area (Å²) in [7, 11) is 0. The van der Waals surface area contributed by atoms with Crippen molar-refractivity contribution in [2.45, 2.75) is 13.2 Å². The number of ether oxygens (including phenoxy) is 1. The fraction of sp³-hybridized carbons (Fsp3) is 0.105. The highest BCUT2D eigenvalue weighted by Crippen LogP contribution is 2.11. The third-order valence-electron chi connectivity index (χ3n) is 3.46. The minimum Gasteiger partial charge on any atom is -0.372 e. The van der Waals surface area contributed by atoms with E-state index in [-0.39, 0.29) is 0 Å². The summed E-state index contributed by atoms with van der Waals surface area (Å²) in [5.41, 5.74) is 4.49. The van der Waals surface area contributed by atoms with Crippen LogP contribution in [0.3, 0.4) is 0 Å². The molecule has 0 N–H and O–H groups in total. The molecule has 0 aliphatic rings. The summed E-state index contributed by atoms with van der Waals surface area (Å²) in [6, 6.07) is 18.4. The number of nitrogens with zero attached hydrogens (tertiary/aromatic N) is 2. The molecule has 0 atom stereocenters. The average Bonchev–Trinajstić information content (AvgIpc) is 3.11. The molecule has 0 saturated heterocycles. The van der Waals surface area contributed by atoms with Crippen molar-refractivity contribution in [2.75, 3.05) is 0 Å². The van der Waals surface area contributed by atoms with Crippen molar-refractivity contribution in [2.24, 2.45) is 0 Å². The molecule has 0 aliphatic heterocycles. The lowest BCUT2D eigenvalue weighted by Gasteiger charge is -2.06. The molecule has 0 spiro atoms. The van der Waals surface area contributed by atoms with E-state index < -0.39 is 0 Å². The van der Waals surface area contributed by atoms with Gasteiger partial charge in [0.2, 0.25) is 0 Å². The van der Waals surface area contributed by atoms with E-state index in [0.29, 0.717) is 13.2 Å². The lowest BCUT2D eigenvalue weighted by Crippen LogP contribution is -1.97. The Bertz CT molecular complexity index is 713. The van der Waals surface area contributed by atoms with E-state index in [1.165, 1.54) is 5.56 Å². The number of aromatic nitrogens is 2. The normalized spacial score (nSPS) is 10.5. The van der Waals surface area contributed by atoms with Crippen molar-refractivity contribution >= 4 is 6.08 Å². The van der Waals surface area contributed by atoms with Crippen molar-refractivity contribution in [1.29, 1.82) is 0 Å². The van der Waals surface area contributed by atoms with Crippen LogP contribution in [0.2, 0.25) is 0 Å². The van der Waals surface area contributed by atoms with E-state index in [1.54, 1.807) is 6.20 Å². The Morgan fingerprint density at radius 1 is 0.955 bits per heavy atom. The largest absolute Gasteiger partial charge is 0.372 e. The van der Waals surface area contributed by atoms with Crippen LogP contribution < -0.4 is 0 Å². The molecular weight excluding hydrogens is 272 g/mol. The fourth-order valence-corrected chi connectivity index (χ4v) is 2.20. The molecule has 2 aromatic carbocycles. The highest BCUT2D eigenvalue weighted by molar-refractivity contribution is 5.47.